The first kappa shape index (κ1) is 15.6. The number of nitrogens with one attached hydrogen (secondary N) is 1. The molecule has 1 fully saturated rings. The predicted molar refractivity (Wildman–Crippen MR) is 61.9 cm³/mol. The van der Waals surface area contributed by atoms with Crippen LogP contribution in [0.25, 0.3) is 0 Å². The molecular formula is C9H17NO7S. The maximum Gasteiger partial charge on any atom is 0.321 e. The van der Waals surface area contributed by atoms with E-state index in [1.54, 1.807) is 0 Å². The van der Waals surface area contributed by atoms with Crippen molar-refractivity contribution in [3.8, 4) is 0 Å². The van der Waals surface area contributed by atoms with Crippen LogP contribution in [0.2, 0.25) is 0 Å². The molecule has 106 valence electrons. The van der Waals surface area contributed by atoms with Crippen molar-refractivity contribution >= 4 is 17.7 Å². The Labute approximate surface area is 107 Å². The normalized spacial score (nSPS) is 30.7. The molecule has 0 bridgehead atoms. The van der Waals surface area contributed by atoms with Crippen molar-refractivity contribution in [3.63, 3.8) is 0 Å². The minimum Gasteiger partial charge on any atom is -0.480 e. The largest absolute Gasteiger partial charge is 0.480 e. The fourth-order valence-corrected chi connectivity index (χ4v) is 2.81. The second-order valence-electron chi connectivity index (χ2n) is 4.03. The van der Waals surface area contributed by atoms with Gasteiger partial charge in [0.15, 0.2) is 0 Å². The van der Waals surface area contributed by atoms with Gasteiger partial charge in [0.05, 0.1) is 12.0 Å². The van der Waals surface area contributed by atoms with Gasteiger partial charge in [-0.05, 0) is 0 Å². The molecule has 2 unspecified atom stereocenters. The number of aliphatic hydroxyl groups excluding tert-OH is 5. The quantitative estimate of drug-likeness (QED) is 0.264. The van der Waals surface area contributed by atoms with Gasteiger partial charge in [-0.2, -0.15) is 0 Å². The molecule has 1 rings (SSSR count). The Hall–Kier alpha value is -0.420. The van der Waals surface area contributed by atoms with Gasteiger partial charge in [-0.15, -0.1) is 11.8 Å². The first-order chi connectivity index (χ1) is 8.38. The summed E-state index contributed by atoms with van der Waals surface area (Å²) in [6, 6.07) is -0.832. The molecule has 1 saturated heterocycles. The molecule has 0 spiro atoms. The fraction of sp³-hybridized carbons (Fsp3) is 0.889. The topological polar surface area (TPSA) is 150 Å². The van der Waals surface area contributed by atoms with E-state index in [4.69, 9.17) is 15.3 Å². The van der Waals surface area contributed by atoms with E-state index < -0.39 is 48.4 Å². The highest BCUT2D eigenvalue weighted by Crippen LogP contribution is 2.24. The molecule has 1 aliphatic heterocycles. The average Bonchev–Trinajstić information content (AvgIpc) is 2.84. The summed E-state index contributed by atoms with van der Waals surface area (Å²) in [7, 11) is 0. The zero-order valence-electron chi connectivity index (χ0n) is 9.38. The number of rotatable bonds is 6. The number of hydrogen-bond donors (Lipinski definition) is 7. The zero-order chi connectivity index (χ0) is 13.9. The Balaban J connectivity index is 2.54. The van der Waals surface area contributed by atoms with Gasteiger partial charge in [0.2, 0.25) is 0 Å². The lowest BCUT2D eigenvalue weighted by Gasteiger charge is -2.28. The number of thioether (sulfide) groups is 1. The lowest BCUT2D eigenvalue weighted by Crippen LogP contribution is -2.52. The summed E-state index contributed by atoms with van der Waals surface area (Å²) in [5.74, 6) is -0.842. The molecule has 1 aliphatic rings. The number of carboxylic acids is 1. The summed E-state index contributed by atoms with van der Waals surface area (Å²) in [5.41, 5.74) is 0. The van der Waals surface area contributed by atoms with E-state index in [9.17, 15) is 20.1 Å². The van der Waals surface area contributed by atoms with Crippen molar-refractivity contribution in [3.05, 3.63) is 0 Å². The maximum atomic E-state index is 10.7. The van der Waals surface area contributed by atoms with E-state index in [2.05, 4.69) is 5.32 Å². The van der Waals surface area contributed by atoms with E-state index in [0.717, 1.165) is 11.8 Å². The minimum absolute atomic E-state index is 0.225. The predicted octanol–water partition coefficient (Wildman–Crippen LogP) is -3.46. The minimum atomic E-state index is -1.71. The Morgan fingerprint density at radius 1 is 1.28 bits per heavy atom. The van der Waals surface area contributed by atoms with Crippen LogP contribution in [-0.4, -0.2) is 84.8 Å². The molecule has 0 aromatic heterocycles. The molecule has 0 aliphatic carbocycles. The van der Waals surface area contributed by atoms with Crippen LogP contribution in [0.3, 0.4) is 0 Å². The van der Waals surface area contributed by atoms with E-state index in [1.165, 1.54) is 0 Å². The third kappa shape index (κ3) is 3.54. The number of aliphatic carboxylic acids is 1. The van der Waals surface area contributed by atoms with Gasteiger partial charge in [-0.25, -0.2) is 0 Å². The van der Waals surface area contributed by atoms with Crippen molar-refractivity contribution in [1.82, 2.24) is 5.32 Å². The van der Waals surface area contributed by atoms with Crippen molar-refractivity contribution in [2.45, 2.75) is 35.8 Å². The van der Waals surface area contributed by atoms with Crippen molar-refractivity contribution in [1.29, 1.82) is 0 Å². The maximum absolute atomic E-state index is 10.7. The molecule has 7 N–H and O–H groups in total. The Morgan fingerprint density at radius 2 is 1.89 bits per heavy atom. The molecule has 8 nitrogen and oxygen atoms in total. The molecule has 6 atom stereocenters. The van der Waals surface area contributed by atoms with Gasteiger partial charge in [0.25, 0.3) is 0 Å². The van der Waals surface area contributed by atoms with Crippen molar-refractivity contribution in [2.75, 3.05) is 12.4 Å². The Bertz CT molecular complexity index is 292. The van der Waals surface area contributed by atoms with Gasteiger partial charge in [-0.3, -0.25) is 10.1 Å². The monoisotopic (exact) mass is 283 g/mol. The second-order valence-corrected chi connectivity index (χ2v) is 5.21. The van der Waals surface area contributed by atoms with Crippen LogP contribution in [0.1, 0.15) is 0 Å². The number of carboxylic acid groups (broad SMARTS) is 1. The smallest absolute Gasteiger partial charge is 0.321 e. The van der Waals surface area contributed by atoms with Gasteiger partial charge in [0, 0.05) is 5.75 Å². The molecule has 0 amide bonds. The first-order valence-corrected chi connectivity index (χ1v) is 6.37. The molecule has 0 saturated carbocycles. The van der Waals surface area contributed by atoms with E-state index in [1.807, 2.05) is 0 Å². The molecule has 0 radical (unpaired) electrons. The lowest BCUT2D eigenvalue weighted by atomic mass is 10.0. The molecule has 18 heavy (non-hydrogen) atoms. The molecular weight excluding hydrogens is 266 g/mol. The van der Waals surface area contributed by atoms with E-state index in [-0.39, 0.29) is 5.75 Å². The molecule has 0 aromatic rings. The summed E-state index contributed by atoms with van der Waals surface area (Å²) < 4.78 is 0. The number of carbonyl (C=O) groups is 1. The third-order valence-corrected chi connectivity index (χ3v) is 4.00. The van der Waals surface area contributed by atoms with Crippen molar-refractivity contribution < 1.29 is 35.4 Å². The van der Waals surface area contributed by atoms with Gasteiger partial charge in [-0.1, -0.05) is 0 Å². The van der Waals surface area contributed by atoms with E-state index >= 15 is 0 Å². The molecule has 0 aromatic carbocycles. The number of hydrogen-bond acceptors (Lipinski definition) is 8. The van der Waals surface area contributed by atoms with Crippen LogP contribution in [0.15, 0.2) is 0 Å². The number of aliphatic hydroxyl groups is 5. The lowest BCUT2D eigenvalue weighted by molar-refractivity contribution is -0.139. The molecule has 9 heteroatoms. The fourth-order valence-electron chi connectivity index (χ4n) is 1.55. The van der Waals surface area contributed by atoms with Crippen LogP contribution >= 0.6 is 11.8 Å². The highest BCUT2D eigenvalue weighted by molar-refractivity contribution is 8.00. The van der Waals surface area contributed by atoms with Gasteiger partial charge in [0.1, 0.15) is 30.5 Å². The highest BCUT2D eigenvalue weighted by atomic mass is 32.2. The highest BCUT2D eigenvalue weighted by Gasteiger charge is 2.40. The standard InChI is InChI=1S/C9H17NO7S/c11-1-4(12)5(13)6(14)7(15)8-10-3(2-18-8)9(16)17/h3-8,10-15H,1-2H2,(H,16,17)/t3?,4-,5-,6+,7+,8?/m1/s1. The Morgan fingerprint density at radius 3 is 2.33 bits per heavy atom. The SMILES string of the molecule is O=C(O)C1CSC([C@@H](O)[C@@H](O)[C@H](O)[C@H](O)CO)N1. The van der Waals surface area contributed by atoms with Crippen LogP contribution < -0.4 is 5.32 Å². The van der Waals surface area contributed by atoms with Crippen molar-refractivity contribution in [2.24, 2.45) is 0 Å². The summed E-state index contributed by atoms with van der Waals surface area (Å²) in [4.78, 5) is 10.7. The summed E-state index contributed by atoms with van der Waals surface area (Å²) in [5, 5.41) is 57.1. The van der Waals surface area contributed by atoms with Crippen LogP contribution in [0.5, 0.6) is 0 Å². The third-order valence-electron chi connectivity index (χ3n) is 2.70. The van der Waals surface area contributed by atoms with Gasteiger partial charge < -0.3 is 30.6 Å². The molecule has 1 heterocycles. The Kier molecular flexibility index (Phi) is 5.79. The first-order valence-electron chi connectivity index (χ1n) is 5.32. The van der Waals surface area contributed by atoms with Crippen LogP contribution in [0, 0.1) is 0 Å². The van der Waals surface area contributed by atoms with Crippen LogP contribution in [0.4, 0.5) is 0 Å². The summed E-state index contributed by atoms with van der Waals surface area (Å²) in [6.07, 6.45) is -6.44. The second kappa shape index (κ2) is 6.66. The van der Waals surface area contributed by atoms with Gasteiger partial charge >= 0.3 is 5.97 Å². The summed E-state index contributed by atoms with van der Waals surface area (Å²) in [6.45, 7) is -0.756. The zero-order valence-corrected chi connectivity index (χ0v) is 10.2. The average molecular weight is 283 g/mol. The summed E-state index contributed by atoms with van der Waals surface area (Å²) >= 11 is 1.09. The van der Waals surface area contributed by atoms with Crippen LogP contribution in [-0.2, 0) is 4.79 Å². The van der Waals surface area contributed by atoms with E-state index in [0.29, 0.717) is 0 Å².